The Morgan fingerprint density at radius 3 is 1.67 bits per heavy atom. The molecule has 5 heteroatoms. The number of fused-ring (bicyclic) bond motifs is 13. The van der Waals surface area contributed by atoms with E-state index in [1.807, 2.05) is 18.2 Å². The summed E-state index contributed by atoms with van der Waals surface area (Å²) < 4.78 is 4.86. The number of hydrogen-bond donors (Lipinski definition) is 0. The lowest BCUT2D eigenvalue weighted by Crippen LogP contribution is -2.04. The van der Waals surface area contributed by atoms with Gasteiger partial charge in [0.25, 0.3) is 0 Å². The summed E-state index contributed by atoms with van der Waals surface area (Å²) in [6.45, 7) is 0. The van der Waals surface area contributed by atoms with E-state index in [4.69, 9.17) is 15.0 Å². The highest BCUT2D eigenvalue weighted by Gasteiger charge is 2.23. The molecule has 0 aliphatic heterocycles. The fourth-order valence-electron chi connectivity index (χ4n) is 11.4. The summed E-state index contributed by atoms with van der Waals surface area (Å²) in [5, 5.41) is 16.5. The predicted molar refractivity (Wildman–Crippen MR) is 292 cm³/mol. The first-order valence-corrected chi connectivity index (χ1v) is 23.8. The zero-order valence-electron chi connectivity index (χ0n) is 37.8. The highest BCUT2D eigenvalue weighted by atomic mass is 15.1. The molecule has 0 atom stereocenters. The van der Waals surface area contributed by atoms with Crippen LogP contribution in [0.4, 0.5) is 0 Å². The van der Waals surface area contributed by atoms with E-state index in [9.17, 15) is 0 Å². The van der Waals surface area contributed by atoms with Crippen molar-refractivity contribution in [3.8, 4) is 45.5 Å². The largest absolute Gasteiger partial charge is 0.309 e. The summed E-state index contributed by atoms with van der Waals surface area (Å²) in [5.74, 6) is 1.86. The summed E-state index contributed by atoms with van der Waals surface area (Å²) in [6.07, 6.45) is 0. The van der Waals surface area contributed by atoms with Crippen LogP contribution in [0.3, 0.4) is 0 Å². The van der Waals surface area contributed by atoms with Crippen LogP contribution in [0.1, 0.15) is 0 Å². The predicted octanol–water partition coefficient (Wildman–Crippen LogP) is 16.8. The minimum Gasteiger partial charge on any atom is -0.309 e. The van der Waals surface area contributed by atoms with Gasteiger partial charge in [0, 0.05) is 38.4 Å². The molecular weight excluding hydrogens is 851 g/mol. The van der Waals surface area contributed by atoms with E-state index in [-0.39, 0.29) is 0 Å². The summed E-state index contributed by atoms with van der Waals surface area (Å²) in [6, 6.07) is 85.3. The average molecular weight is 890 g/mol. The molecule has 5 nitrogen and oxygen atoms in total. The Bertz CT molecular complexity index is 4660. The van der Waals surface area contributed by atoms with Crippen LogP contribution < -0.4 is 0 Å². The molecule has 0 N–H and O–H groups in total. The number of aromatic nitrogens is 5. The molecule has 0 amide bonds. The van der Waals surface area contributed by atoms with Gasteiger partial charge < -0.3 is 9.13 Å². The van der Waals surface area contributed by atoms with Crippen LogP contribution in [0.15, 0.2) is 237 Å². The molecule has 70 heavy (non-hydrogen) atoms. The number of rotatable bonds is 5. The van der Waals surface area contributed by atoms with E-state index < -0.39 is 0 Å². The number of hydrogen-bond acceptors (Lipinski definition) is 3. The molecule has 0 aliphatic rings. The second kappa shape index (κ2) is 15.0. The van der Waals surface area contributed by atoms with Crippen molar-refractivity contribution in [3.05, 3.63) is 237 Å². The van der Waals surface area contributed by atoms with E-state index in [1.54, 1.807) is 0 Å². The topological polar surface area (TPSA) is 48.5 Å². The highest BCUT2D eigenvalue weighted by Crippen LogP contribution is 2.43. The zero-order chi connectivity index (χ0) is 45.9. The van der Waals surface area contributed by atoms with Crippen molar-refractivity contribution in [1.82, 2.24) is 24.1 Å². The summed E-state index contributed by atoms with van der Waals surface area (Å²) in [7, 11) is 0. The van der Waals surface area contributed by atoms with Crippen molar-refractivity contribution < 1.29 is 0 Å². The molecule has 3 heterocycles. The van der Waals surface area contributed by atoms with Crippen LogP contribution in [0, 0.1) is 0 Å². The molecule has 0 fully saturated rings. The van der Waals surface area contributed by atoms with Gasteiger partial charge in [0.15, 0.2) is 17.5 Å². The van der Waals surface area contributed by atoms with Crippen LogP contribution in [0.25, 0.3) is 143 Å². The molecule has 0 aliphatic carbocycles. The van der Waals surface area contributed by atoms with Crippen molar-refractivity contribution in [1.29, 1.82) is 0 Å². The maximum Gasteiger partial charge on any atom is 0.166 e. The quantitative estimate of drug-likeness (QED) is 0.162. The third-order valence-electron chi connectivity index (χ3n) is 14.5. The molecule has 3 aromatic heterocycles. The van der Waals surface area contributed by atoms with Crippen molar-refractivity contribution >= 4 is 97.5 Å². The van der Waals surface area contributed by atoms with E-state index in [0.29, 0.717) is 17.5 Å². The van der Waals surface area contributed by atoms with Crippen LogP contribution >= 0.6 is 0 Å². The molecular formula is C65H39N5. The molecule has 0 spiro atoms. The van der Waals surface area contributed by atoms with E-state index in [0.717, 1.165) is 71.4 Å². The Labute approximate surface area is 401 Å². The lowest BCUT2D eigenvalue weighted by Gasteiger charge is -2.18. The SMILES string of the molecule is c1ccc(-c2nc(-c3c(-n4c5ccccc5c5cc6ccc(-n7c8ccccc8c8c9ccccc9ccc87)cc6cc54)ccc4ccccc34)nc(-c3cc4ccccc4c4ccccc34)n2)cc1. The van der Waals surface area contributed by atoms with Crippen LogP contribution in [0.5, 0.6) is 0 Å². The fraction of sp³-hybridized carbons (Fsp3) is 0. The fourth-order valence-corrected chi connectivity index (χ4v) is 11.4. The maximum absolute atomic E-state index is 5.56. The molecule has 0 radical (unpaired) electrons. The standard InChI is InChI=1S/C65H39N5/c1-2-18-42(19-3-1)63-66-64(55-38-44-20-6-7-21-47(44)50-24-10-11-25-51(50)55)68-65(67-63)62-49-23-9-5-17-41(49)32-35-59(62)70-56-28-14-12-26-52(56)54-37-43-30-33-46(36-45(43)39-60(54)70)69-57-29-15-13-27-53(57)61-48-22-8-4-16-40(48)31-34-58(61)69/h1-39H. The maximum atomic E-state index is 5.56. The van der Waals surface area contributed by atoms with Crippen LogP contribution in [0.2, 0.25) is 0 Å². The molecule has 324 valence electrons. The van der Waals surface area contributed by atoms with Crippen molar-refractivity contribution in [2.75, 3.05) is 0 Å². The Hall–Kier alpha value is -9.45. The first-order chi connectivity index (χ1) is 34.7. The van der Waals surface area contributed by atoms with Crippen molar-refractivity contribution in [2.24, 2.45) is 0 Å². The molecule has 0 unspecified atom stereocenters. The van der Waals surface area contributed by atoms with E-state index >= 15 is 0 Å². The summed E-state index contributed by atoms with van der Waals surface area (Å²) >= 11 is 0. The molecule has 0 bridgehead atoms. The average Bonchev–Trinajstić information content (AvgIpc) is 3.94. The highest BCUT2D eigenvalue weighted by molar-refractivity contribution is 6.22. The Morgan fingerprint density at radius 2 is 0.857 bits per heavy atom. The van der Waals surface area contributed by atoms with Gasteiger partial charge in [-0.25, -0.2) is 15.0 Å². The lowest BCUT2D eigenvalue weighted by atomic mass is 9.96. The van der Waals surface area contributed by atoms with Crippen LogP contribution in [-0.2, 0) is 0 Å². The van der Waals surface area contributed by atoms with Crippen molar-refractivity contribution in [2.45, 2.75) is 0 Å². The van der Waals surface area contributed by atoms with Gasteiger partial charge in [-0.3, -0.25) is 0 Å². The van der Waals surface area contributed by atoms with Gasteiger partial charge in [0.1, 0.15) is 0 Å². The molecule has 0 saturated carbocycles. The van der Waals surface area contributed by atoms with Crippen molar-refractivity contribution in [3.63, 3.8) is 0 Å². The van der Waals surface area contributed by atoms with E-state index in [1.165, 1.54) is 54.1 Å². The van der Waals surface area contributed by atoms with Gasteiger partial charge in [-0.05, 0) is 108 Å². The van der Waals surface area contributed by atoms with Gasteiger partial charge >= 0.3 is 0 Å². The second-order valence-corrected chi connectivity index (χ2v) is 18.3. The third-order valence-corrected chi connectivity index (χ3v) is 14.5. The molecule has 12 aromatic carbocycles. The number of benzene rings is 12. The Kier molecular flexibility index (Phi) is 8.29. The summed E-state index contributed by atoms with van der Waals surface area (Å²) in [4.78, 5) is 16.3. The summed E-state index contributed by atoms with van der Waals surface area (Å²) in [5.41, 5.74) is 9.54. The first-order valence-electron chi connectivity index (χ1n) is 23.8. The number of para-hydroxylation sites is 2. The monoisotopic (exact) mass is 889 g/mol. The normalized spacial score (nSPS) is 12.0. The zero-order valence-corrected chi connectivity index (χ0v) is 37.8. The molecule has 0 saturated heterocycles. The lowest BCUT2D eigenvalue weighted by molar-refractivity contribution is 1.07. The van der Waals surface area contributed by atoms with Gasteiger partial charge in [0.2, 0.25) is 0 Å². The molecule has 15 aromatic rings. The minimum absolute atomic E-state index is 0.612. The van der Waals surface area contributed by atoms with Gasteiger partial charge in [-0.2, -0.15) is 0 Å². The minimum atomic E-state index is 0.612. The van der Waals surface area contributed by atoms with Crippen LogP contribution in [-0.4, -0.2) is 24.1 Å². The third kappa shape index (κ3) is 5.76. The van der Waals surface area contributed by atoms with Gasteiger partial charge in [-0.1, -0.05) is 182 Å². The molecule has 15 rings (SSSR count). The number of nitrogens with zero attached hydrogens (tertiary/aromatic N) is 5. The Morgan fingerprint density at radius 1 is 0.271 bits per heavy atom. The van der Waals surface area contributed by atoms with Gasteiger partial charge in [0.05, 0.1) is 33.3 Å². The first kappa shape index (κ1) is 38.6. The second-order valence-electron chi connectivity index (χ2n) is 18.3. The smallest absolute Gasteiger partial charge is 0.166 e. The van der Waals surface area contributed by atoms with E-state index in [2.05, 4.69) is 228 Å². The van der Waals surface area contributed by atoms with Gasteiger partial charge in [-0.15, -0.1) is 0 Å². The Balaban J connectivity index is 1.01.